The Morgan fingerprint density at radius 3 is 2.75 bits per heavy atom. The number of para-hydroxylation sites is 1. The molecule has 1 amide bonds. The van der Waals surface area contributed by atoms with Crippen molar-refractivity contribution < 1.29 is 4.79 Å². The number of hydrogen-bond acceptors (Lipinski definition) is 2. The minimum absolute atomic E-state index is 0.162. The van der Waals surface area contributed by atoms with E-state index in [-0.39, 0.29) is 17.9 Å². The summed E-state index contributed by atoms with van der Waals surface area (Å²) in [5.41, 5.74) is 6.61. The highest BCUT2D eigenvalue weighted by Gasteiger charge is 2.37. The van der Waals surface area contributed by atoms with Crippen LogP contribution in [0.4, 0.5) is 5.69 Å². The number of nitrogens with zero attached hydrogens (tertiary/aromatic N) is 1. The van der Waals surface area contributed by atoms with Gasteiger partial charge in [0.15, 0.2) is 0 Å². The molecule has 16 heavy (non-hydrogen) atoms. The highest BCUT2D eigenvalue weighted by Crippen LogP contribution is 2.34. The van der Waals surface area contributed by atoms with Gasteiger partial charge < -0.3 is 10.6 Å². The van der Waals surface area contributed by atoms with Crippen molar-refractivity contribution >= 4 is 27.5 Å². The second-order valence-electron chi connectivity index (χ2n) is 4.16. The molecular formula is C12H15BrN2O. The van der Waals surface area contributed by atoms with Gasteiger partial charge in [-0.05, 0) is 41.5 Å². The van der Waals surface area contributed by atoms with E-state index in [1.165, 1.54) is 0 Å². The molecule has 2 rings (SSSR count). The third-order valence-corrected chi connectivity index (χ3v) is 3.88. The second-order valence-corrected chi connectivity index (χ2v) is 5.01. The molecule has 0 bridgehead atoms. The lowest BCUT2D eigenvalue weighted by molar-refractivity contribution is -0.117. The molecule has 1 heterocycles. The number of benzene rings is 1. The Morgan fingerprint density at radius 2 is 2.19 bits per heavy atom. The number of rotatable bonds is 2. The molecule has 0 radical (unpaired) electrons. The zero-order chi connectivity index (χ0) is 11.7. The van der Waals surface area contributed by atoms with Crippen LogP contribution in [0.3, 0.4) is 0 Å². The van der Waals surface area contributed by atoms with Gasteiger partial charge in [0, 0.05) is 22.9 Å². The molecule has 0 saturated carbocycles. The fourth-order valence-corrected chi connectivity index (χ4v) is 2.69. The fourth-order valence-electron chi connectivity index (χ4n) is 2.21. The van der Waals surface area contributed by atoms with E-state index in [9.17, 15) is 4.79 Å². The van der Waals surface area contributed by atoms with Crippen LogP contribution in [0.2, 0.25) is 0 Å². The predicted octanol–water partition coefficient (Wildman–Crippen LogP) is 2.15. The summed E-state index contributed by atoms with van der Waals surface area (Å²) in [4.78, 5) is 13.8. The molecule has 4 heteroatoms. The van der Waals surface area contributed by atoms with E-state index >= 15 is 0 Å². The maximum atomic E-state index is 12.0. The van der Waals surface area contributed by atoms with Crippen molar-refractivity contribution in [1.82, 2.24) is 0 Å². The van der Waals surface area contributed by atoms with Crippen LogP contribution in [0, 0.1) is 5.92 Å². The fraction of sp³-hybridized carbons (Fsp3) is 0.417. The normalized spacial score (nSPS) is 25.2. The van der Waals surface area contributed by atoms with E-state index in [1.54, 1.807) is 0 Å². The van der Waals surface area contributed by atoms with Crippen molar-refractivity contribution in [3.05, 3.63) is 28.7 Å². The Bertz CT molecular complexity index is 408. The monoisotopic (exact) mass is 282 g/mol. The third-order valence-electron chi connectivity index (χ3n) is 3.21. The Balaban J connectivity index is 2.35. The SMILES string of the molecule is CC1C(CN)CC(=O)N1c1ccccc1Br. The zero-order valence-electron chi connectivity index (χ0n) is 9.19. The highest BCUT2D eigenvalue weighted by atomic mass is 79.9. The van der Waals surface area contributed by atoms with Crippen molar-refractivity contribution in [2.45, 2.75) is 19.4 Å². The third kappa shape index (κ3) is 1.87. The average molecular weight is 283 g/mol. The van der Waals surface area contributed by atoms with Crippen molar-refractivity contribution in [3.63, 3.8) is 0 Å². The summed E-state index contributed by atoms with van der Waals surface area (Å²) in [7, 11) is 0. The summed E-state index contributed by atoms with van der Waals surface area (Å²) in [6.07, 6.45) is 0.555. The molecule has 1 fully saturated rings. The van der Waals surface area contributed by atoms with Crippen LogP contribution in [0.5, 0.6) is 0 Å². The van der Waals surface area contributed by atoms with Crippen LogP contribution >= 0.6 is 15.9 Å². The van der Waals surface area contributed by atoms with Crippen LogP contribution in [0.15, 0.2) is 28.7 Å². The standard InChI is InChI=1S/C12H15BrN2O/c1-8-9(7-14)6-12(16)15(8)11-5-3-2-4-10(11)13/h2-5,8-9H,6-7,14H2,1H3. The van der Waals surface area contributed by atoms with Crippen LogP contribution < -0.4 is 10.6 Å². The van der Waals surface area contributed by atoms with Crippen molar-refractivity contribution in [2.24, 2.45) is 11.7 Å². The summed E-state index contributed by atoms with van der Waals surface area (Å²) < 4.78 is 0.952. The summed E-state index contributed by atoms with van der Waals surface area (Å²) >= 11 is 3.48. The summed E-state index contributed by atoms with van der Waals surface area (Å²) in [6, 6.07) is 7.97. The van der Waals surface area contributed by atoms with E-state index in [1.807, 2.05) is 29.2 Å². The van der Waals surface area contributed by atoms with Gasteiger partial charge in [0.05, 0.1) is 5.69 Å². The molecule has 0 aromatic heterocycles. The molecule has 2 unspecified atom stereocenters. The van der Waals surface area contributed by atoms with E-state index in [2.05, 4.69) is 22.9 Å². The first-order valence-corrected chi connectivity index (χ1v) is 6.21. The molecule has 1 aliphatic rings. The van der Waals surface area contributed by atoms with Crippen LogP contribution in [0.25, 0.3) is 0 Å². The first-order valence-electron chi connectivity index (χ1n) is 5.41. The molecule has 1 aromatic rings. The van der Waals surface area contributed by atoms with E-state index in [4.69, 9.17) is 5.73 Å². The molecule has 2 N–H and O–H groups in total. The Hall–Kier alpha value is -0.870. The van der Waals surface area contributed by atoms with Gasteiger partial charge in [0.1, 0.15) is 0 Å². The van der Waals surface area contributed by atoms with E-state index in [0.717, 1.165) is 10.2 Å². The van der Waals surface area contributed by atoms with Gasteiger partial charge in [-0.3, -0.25) is 4.79 Å². The highest BCUT2D eigenvalue weighted by molar-refractivity contribution is 9.10. The molecule has 1 saturated heterocycles. The Morgan fingerprint density at radius 1 is 1.50 bits per heavy atom. The quantitative estimate of drug-likeness (QED) is 0.904. The van der Waals surface area contributed by atoms with Crippen molar-refractivity contribution in [1.29, 1.82) is 0 Å². The number of nitrogens with two attached hydrogens (primary N) is 1. The van der Waals surface area contributed by atoms with Gasteiger partial charge in [-0.25, -0.2) is 0 Å². The van der Waals surface area contributed by atoms with Gasteiger partial charge in [0.25, 0.3) is 0 Å². The molecule has 1 aliphatic heterocycles. The predicted molar refractivity (Wildman–Crippen MR) is 68.3 cm³/mol. The molecule has 2 atom stereocenters. The number of anilines is 1. The maximum absolute atomic E-state index is 12.0. The number of halogens is 1. The number of amides is 1. The molecule has 86 valence electrons. The zero-order valence-corrected chi connectivity index (χ0v) is 10.8. The number of hydrogen-bond donors (Lipinski definition) is 1. The van der Waals surface area contributed by atoms with E-state index < -0.39 is 0 Å². The lowest BCUT2D eigenvalue weighted by Gasteiger charge is -2.25. The number of carbonyl (C=O) groups excluding carboxylic acids is 1. The Labute approximate surface area is 104 Å². The first kappa shape index (κ1) is 11.6. The smallest absolute Gasteiger partial charge is 0.227 e. The van der Waals surface area contributed by atoms with Gasteiger partial charge >= 0.3 is 0 Å². The molecule has 1 aromatic carbocycles. The average Bonchev–Trinajstić information content (AvgIpc) is 2.55. The maximum Gasteiger partial charge on any atom is 0.227 e. The van der Waals surface area contributed by atoms with Crippen molar-refractivity contribution in [3.8, 4) is 0 Å². The van der Waals surface area contributed by atoms with Crippen molar-refractivity contribution in [2.75, 3.05) is 11.4 Å². The van der Waals surface area contributed by atoms with Crippen LogP contribution in [-0.4, -0.2) is 18.5 Å². The molecule has 0 spiro atoms. The topological polar surface area (TPSA) is 46.3 Å². The summed E-state index contributed by atoms with van der Waals surface area (Å²) in [5.74, 6) is 0.425. The van der Waals surface area contributed by atoms with Gasteiger partial charge in [-0.15, -0.1) is 0 Å². The van der Waals surface area contributed by atoms with Gasteiger partial charge in [0.2, 0.25) is 5.91 Å². The van der Waals surface area contributed by atoms with E-state index in [0.29, 0.717) is 13.0 Å². The van der Waals surface area contributed by atoms with Gasteiger partial charge in [-0.1, -0.05) is 12.1 Å². The number of carbonyl (C=O) groups is 1. The summed E-state index contributed by atoms with van der Waals surface area (Å²) in [6.45, 7) is 2.62. The molecular weight excluding hydrogens is 268 g/mol. The largest absolute Gasteiger partial charge is 0.330 e. The first-order chi connectivity index (χ1) is 7.65. The second kappa shape index (κ2) is 4.55. The van der Waals surface area contributed by atoms with Crippen LogP contribution in [0.1, 0.15) is 13.3 Å². The lowest BCUT2D eigenvalue weighted by Crippen LogP contribution is -2.34. The molecule has 0 aliphatic carbocycles. The summed E-state index contributed by atoms with van der Waals surface area (Å²) in [5, 5.41) is 0. The molecule has 3 nitrogen and oxygen atoms in total. The minimum atomic E-state index is 0.162. The van der Waals surface area contributed by atoms with Crippen LogP contribution in [-0.2, 0) is 4.79 Å². The Kier molecular flexibility index (Phi) is 3.30. The lowest BCUT2D eigenvalue weighted by atomic mass is 10.0. The minimum Gasteiger partial charge on any atom is -0.330 e. The van der Waals surface area contributed by atoms with Gasteiger partial charge in [-0.2, -0.15) is 0 Å².